The Morgan fingerprint density at radius 2 is 1.76 bits per heavy atom. The van der Waals surface area contributed by atoms with E-state index in [2.05, 4.69) is 0 Å². The molecule has 0 aromatic heterocycles. The summed E-state index contributed by atoms with van der Waals surface area (Å²) in [5, 5.41) is 0. The summed E-state index contributed by atoms with van der Waals surface area (Å²) in [7, 11) is -2.21. The fourth-order valence-corrected chi connectivity index (χ4v) is 1.83. The summed E-state index contributed by atoms with van der Waals surface area (Å²) in [5.74, 6) is -0.355. The Morgan fingerprint density at radius 3 is 2.29 bits per heavy atom. The number of ether oxygens (including phenoxy) is 1. The molecule has 7 nitrogen and oxygen atoms in total. The summed E-state index contributed by atoms with van der Waals surface area (Å²) in [4.78, 5) is 23.0. The lowest BCUT2D eigenvalue weighted by molar-refractivity contribution is -0.155. The molecule has 0 saturated heterocycles. The summed E-state index contributed by atoms with van der Waals surface area (Å²) >= 11 is 0. The monoisotopic (exact) mass is 325 g/mol. The van der Waals surface area contributed by atoms with Crippen LogP contribution in [0, 0.1) is 5.41 Å². The van der Waals surface area contributed by atoms with E-state index in [0.29, 0.717) is 13.0 Å². The molecule has 1 unspecified atom stereocenters. The number of phosphoric ester groups is 1. The van der Waals surface area contributed by atoms with Crippen LogP contribution in [-0.4, -0.2) is 55.7 Å². The van der Waals surface area contributed by atoms with Crippen molar-refractivity contribution in [3.8, 4) is 0 Å². The molecule has 0 saturated carbocycles. The molecule has 1 atom stereocenters. The van der Waals surface area contributed by atoms with Gasteiger partial charge in [0.25, 0.3) is 0 Å². The first-order valence-electron chi connectivity index (χ1n) is 7.12. The Morgan fingerprint density at radius 1 is 1.19 bits per heavy atom. The van der Waals surface area contributed by atoms with Gasteiger partial charge in [-0.3, -0.25) is 13.8 Å². The van der Waals surface area contributed by atoms with Crippen molar-refractivity contribution in [2.45, 2.75) is 34.1 Å². The Kier molecular flexibility index (Phi) is 9.33. The second-order valence-corrected chi connectivity index (χ2v) is 6.86. The molecule has 0 aliphatic heterocycles. The van der Waals surface area contributed by atoms with Gasteiger partial charge in [0.2, 0.25) is 0 Å². The zero-order chi connectivity index (χ0) is 16.5. The topological polar surface area (TPSA) is 85.3 Å². The van der Waals surface area contributed by atoms with Gasteiger partial charge >= 0.3 is 13.8 Å². The average molecular weight is 325 g/mol. The molecule has 21 heavy (non-hydrogen) atoms. The van der Waals surface area contributed by atoms with Gasteiger partial charge in [-0.05, 0) is 33.9 Å². The van der Waals surface area contributed by atoms with Crippen LogP contribution in [0.3, 0.4) is 0 Å². The van der Waals surface area contributed by atoms with Gasteiger partial charge < -0.3 is 14.5 Å². The van der Waals surface area contributed by atoms with Crippen LogP contribution in [0.4, 0.5) is 0 Å². The Hall–Kier alpha value is -0.460. The molecular weight excluding hydrogens is 297 g/mol. The third kappa shape index (κ3) is 9.22. The molecule has 0 aliphatic rings. The lowest BCUT2D eigenvalue weighted by Gasteiger charge is -2.20. The van der Waals surface area contributed by atoms with Crippen LogP contribution in [0.2, 0.25) is 0 Å². The minimum absolute atomic E-state index is 0.0783. The van der Waals surface area contributed by atoms with E-state index < -0.39 is 13.2 Å². The zero-order valence-electron chi connectivity index (χ0n) is 13.6. The van der Waals surface area contributed by atoms with Crippen LogP contribution in [0.25, 0.3) is 0 Å². The second kappa shape index (κ2) is 9.54. The fourth-order valence-electron chi connectivity index (χ4n) is 1.13. The fraction of sp³-hybridized carbons (Fsp3) is 0.923. The highest BCUT2D eigenvalue weighted by atomic mass is 31.2. The second-order valence-electron chi connectivity index (χ2n) is 5.40. The molecule has 0 rings (SSSR count). The van der Waals surface area contributed by atoms with Gasteiger partial charge in [-0.15, -0.1) is 0 Å². The van der Waals surface area contributed by atoms with Crippen LogP contribution in [-0.2, 0) is 23.1 Å². The zero-order valence-corrected chi connectivity index (χ0v) is 14.5. The van der Waals surface area contributed by atoms with Gasteiger partial charge in [-0.1, -0.05) is 13.8 Å². The van der Waals surface area contributed by atoms with Crippen molar-refractivity contribution in [2.24, 2.45) is 5.41 Å². The summed E-state index contributed by atoms with van der Waals surface area (Å²) in [5.41, 5.74) is -0.565. The van der Waals surface area contributed by atoms with Crippen molar-refractivity contribution in [1.29, 1.82) is 0 Å². The van der Waals surface area contributed by atoms with Gasteiger partial charge in [-0.25, -0.2) is 4.57 Å². The van der Waals surface area contributed by atoms with E-state index in [9.17, 15) is 14.3 Å². The third-order valence-electron chi connectivity index (χ3n) is 3.27. The van der Waals surface area contributed by atoms with E-state index in [1.165, 1.54) is 0 Å². The van der Waals surface area contributed by atoms with Crippen molar-refractivity contribution < 1.29 is 28.0 Å². The largest absolute Gasteiger partial charge is 0.472 e. The highest BCUT2D eigenvalue weighted by Crippen LogP contribution is 2.42. The van der Waals surface area contributed by atoms with Crippen molar-refractivity contribution >= 4 is 13.8 Å². The Labute approximate surface area is 127 Å². The van der Waals surface area contributed by atoms with E-state index in [4.69, 9.17) is 13.8 Å². The number of nitrogens with zero attached hydrogens (tertiary/aromatic N) is 1. The maximum Gasteiger partial charge on any atom is 0.472 e. The summed E-state index contributed by atoms with van der Waals surface area (Å²) in [6, 6.07) is 0. The van der Waals surface area contributed by atoms with Gasteiger partial charge in [-0.2, -0.15) is 0 Å². The van der Waals surface area contributed by atoms with Crippen LogP contribution in [0.1, 0.15) is 34.1 Å². The van der Waals surface area contributed by atoms with Crippen molar-refractivity contribution in [2.75, 3.05) is 40.0 Å². The SMILES string of the molecule is CCN(C)CCOP(=O)(O)OCCOC(=O)C(C)(C)CC. The molecular formula is C13H28NO6P. The van der Waals surface area contributed by atoms with E-state index in [-0.39, 0.29) is 25.8 Å². The van der Waals surface area contributed by atoms with Gasteiger partial charge in [0.15, 0.2) is 0 Å². The molecule has 0 aromatic carbocycles. The molecule has 0 spiro atoms. The summed E-state index contributed by atoms with van der Waals surface area (Å²) in [6.45, 7) is 8.62. The molecule has 0 amide bonds. The lowest BCUT2D eigenvalue weighted by atomic mass is 9.91. The lowest BCUT2D eigenvalue weighted by Crippen LogP contribution is -2.27. The number of likely N-dealkylation sites (N-methyl/N-ethyl adjacent to an activating group) is 1. The molecule has 0 heterocycles. The van der Waals surface area contributed by atoms with E-state index in [0.717, 1.165) is 6.54 Å². The van der Waals surface area contributed by atoms with Crippen molar-refractivity contribution in [1.82, 2.24) is 4.90 Å². The van der Waals surface area contributed by atoms with Crippen LogP contribution < -0.4 is 0 Å². The predicted octanol–water partition coefficient (Wildman–Crippen LogP) is 2.05. The third-order valence-corrected chi connectivity index (χ3v) is 4.29. The smallest absolute Gasteiger partial charge is 0.463 e. The Bertz CT molecular complexity index is 361. The predicted molar refractivity (Wildman–Crippen MR) is 79.9 cm³/mol. The van der Waals surface area contributed by atoms with E-state index in [1.807, 2.05) is 25.8 Å². The number of rotatable bonds is 11. The van der Waals surface area contributed by atoms with Crippen molar-refractivity contribution in [3.63, 3.8) is 0 Å². The van der Waals surface area contributed by atoms with E-state index in [1.54, 1.807) is 13.8 Å². The number of hydrogen-bond acceptors (Lipinski definition) is 6. The summed E-state index contributed by atoms with van der Waals surface area (Å²) in [6.07, 6.45) is 0.652. The van der Waals surface area contributed by atoms with Gasteiger partial charge in [0.1, 0.15) is 6.61 Å². The van der Waals surface area contributed by atoms with E-state index >= 15 is 0 Å². The molecule has 0 radical (unpaired) electrons. The van der Waals surface area contributed by atoms with Crippen molar-refractivity contribution in [3.05, 3.63) is 0 Å². The van der Waals surface area contributed by atoms with Gasteiger partial charge in [0, 0.05) is 6.54 Å². The molecule has 8 heteroatoms. The molecule has 0 aromatic rings. The first-order valence-corrected chi connectivity index (χ1v) is 8.61. The number of hydrogen-bond donors (Lipinski definition) is 1. The highest BCUT2D eigenvalue weighted by molar-refractivity contribution is 7.47. The average Bonchev–Trinajstić information content (AvgIpc) is 2.42. The Balaban J connectivity index is 3.90. The highest BCUT2D eigenvalue weighted by Gasteiger charge is 2.27. The summed E-state index contributed by atoms with van der Waals surface area (Å²) < 4.78 is 26.1. The standard InChI is InChI=1S/C13H28NO6P/c1-6-13(3,4)12(15)18-10-11-20-21(16,17)19-9-8-14(5)7-2/h6-11H2,1-5H3,(H,16,17). The maximum atomic E-state index is 11.7. The number of esters is 1. The van der Waals surface area contributed by atoms with Gasteiger partial charge in [0.05, 0.1) is 18.6 Å². The minimum atomic E-state index is -4.08. The normalized spacial score (nSPS) is 15.0. The maximum absolute atomic E-state index is 11.7. The molecule has 0 fully saturated rings. The minimum Gasteiger partial charge on any atom is -0.463 e. The molecule has 0 bridgehead atoms. The molecule has 126 valence electrons. The molecule has 0 aliphatic carbocycles. The number of carbonyl (C=O) groups excluding carboxylic acids is 1. The molecule has 1 N–H and O–H groups in total. The quantitative estimate of drug-likeness (QED) is 0.353. The first-order chi connectivity index (χ1) is 9.64. The number of phosphoric acid groups is 1. The van der Waals surface area contributed by atoms with Crippen LogP contribution in [0.15, 0.2) is 0 Å². The first kappa shape index (κ1) is 20.5. The number of carbonyl (C=O) groups is 1. The van der Waals surface area contributed by atoms with Crippen LogP contribution >= 0.6 is 7.82 Å². The van der Waals surface area contributed by atoms with Crippen LogP contribution in [0.5, 0.6) is 0 Å².